The third-order valence-corrected chi connectivity index (χ3v) is 7.28. The van der Waals surface area contributed by atoms with E-state index < -0.39 is 0 Å². The molecule has 2 aliphatic rings. The van der Waals surface area contributed by atoms with Crippen LogP contribution in [0.2, 0.25) is 0 Å². The Morgan fingerprint density at radius 1 is 0.882 bits per heavy atom. The van der Waals surface area contributed by atoms with Crippen molar-refractivity contribution in [3.8, 4) is 0 Å². The van der Waals surface area contributed by atoms with E-state index in [1.165, 1.54) is 5.56 Å². The second-order valence-electron chi connectivity index (χ2n) is 9.28. The van der Waals surface area contributed by atoms with Gasteiger partial charge in [0.2, 0.25) is 5.95 Å². The number of ether oxygens (including phenoxy) is 1. The molecule has 0 atom stereocenters. The van der Waals surface area contributed by atoms with Gasteiger partial charge in [0.05, 0.1) is 13.2 Å². The van der Waals surface area contributed by atoms with Gasteiger partial charge in [-0.2, -0.15) is 4.98 Å². The first-order valence-electron chi connectivity index (χ1n) is 12.2. The normalized spacial score (nSPS) is 17.6. The molecule has 2 fully saturated rings. The predicted molar refractivity (Wildman–Crippen MR) is 138 cm³/mol. The molecule has 0 saturated carbocycles. The summed E-state index contributed by atoms with van der Waals surface area (Å²) in [5.41, 5.74) is 2.94. The van der Waals surface area contributed by atoms with Crippen molar-refractivity contribution in [3.63, 3.8) is 0 Å². The Balaban J connectivity index is 1.47. The summed E-state index contributed by atoms with van der Waals surface area (Å²) in [5.74, 6) is 3.21. The molecule has 0 unspecified atom stereocenters. The second-order valence-corrected chi connectivity index (χ2v) is 10.2. The van der Waals surface area contributed by atoms with Crippen LogP contribution in [0.4, 0.5) is 11.8 Å². The quantitative estimate of drug-likeness (QED) is 0.375. The zero-order valence-corrected chi connectivity index (χ0v) is 20.9. The number of benzene rings is 1. The van der Waals surface area contributed by atoms with Crippen LogP contribution in [0.15, 0.2) is 41.7 Å². The van der Waals surface area contributed by atoms with E-state index in [0.29, 0.717) is 19.1 Å². The third-order valence-electron chi connectivity index (χ3n) is 6.23. The Bertz CT molecular complexity index is 1080. The number of rotatable bonds is 7. The lowest BCUT2D eigenvalue weighted by Crippen LogP contribution is -2.48. The summed E-state index contributed by atoms with van der Waals surface area (Å²) in [5, 5.41) is 0.908. The van der Waals surface area contributed by atoms with E-state index in [9.17, 15) is 0 Å². The van der Waals surface area contributed by atoms with Crippen molar-refractivity contribution >= 4 is 34.6 Å². The van der Waals surface area contributed by atoms with Crippen LogP contribution in [0.25, 0.3) is 11.0 Å². The van der Waals surface area contributed by atoms with Gasteiger partial charge in [0, 0.05) is 51.6 Å². The van der Waals surface area contributed by atoms with Gasteiger partial charge in [-0.3, -0.25) is 4.90 Å². The van der Waals surface area contributed by atoms with Crippen molar-refractivity contribution < 1.29 is 4.74 Å². The van der Waals surface area contributed by atoms with E-state index in [1.807, 2.05) is 6.07 Å². The first-order valence-corrected chi connectivity index (χ1v) is 13.2. The van der Waals surface area contributed by atoms with Gasteiger partial charge in [0.15, 0.2) is 5.82 Å². The van der Waals surface area contributed by atoms with Gasteiger partial charge in [-0.25, -0.2) is 15.0 Å². The van der Waals surface area contributed by atoms with Gasteiger partial charge >= 0.3 is 0 Å². The molecule has 34 heavy (non-hydrogen) atoms. The van der Waals surface area contributed by atoms with Crippen molar-refractivity contribution in [2.24, 2.45) is 5.92 Å². The van der Waals surface area contributed by atoms with Crippen molar-refractivity contribution in [1.82, 2.24) is 24.8 Å². The molecule has 3 aromatic rings. The fourth-order valence-electron chi connectivity index (χ4n) is 4.52. The summed E-state index contributed by atoms with van der Waals surface area (Å²) < 4.78 is 5.60. The first-order chi connectivity index (χ1) is 16.7. The lowest BCUT2D eigenvalue weighted by atomic mass is 10.2. The number of thioether (sulfide) groups is 1. The van der Waals surface area contributed by atoms with E-state index >= 15 is 0 Å². The van der Waals surface area contributed by atoms with Crippen molar-refractivity contribution in [3.05, 3.63) is 42.2 Å². The molecule has 4 heterocycles. The Kier molecular flexibility index (Phi) is 7.42. The molecule has 0 aliphatic carbocycles. The SMILES string of the molecule is CC(C)CN1CCN(c2nc(N3CCOCC3)c3ncnc(SCc4ccccc4)c3n2)CC1. The molecular weight excluding hydrogens is 446 g/mol. The van der Waals surface area contributed by atoms with Crippen LogP contribution in [0.1, 0.15) is 19.4 Å². The predicted octanol–water partition coefficient (Wildman–Crippen LogP) is 3.33. The molecule has 0 spiro atoms. The number of piperazine rings is 1. The maximum atomic E-state index is 5.60. The van der Waals surface area contributed by atoms with Gasteiger partial charge in [-0.1, -0.05) is 55.9 Å². The smallest absolute Gasteiger partial charge is 0.228 e. The van der Waals surface area contributed by atoms with Crippen LogP contribution in [-0.4, -0.2) is 83.9 Å². The van der Waals surface area contributed by atoms with Gasteiger partial charge < -0.3 is 14.5 Å². The maximum Gasteiger partial charge on any atom is 0.228 e. The monoisotopic (exact) mass is 479 g/mol. The van der Waals surface area contributed by atoms with Crippen LogP contribution >= 0.6 is 11.8 Å². The van der Waals surface area contributed by atoms with Gasteiger partial charge in [0.25, 0.3) is 0 Å². The molecule has 2 aliphatic heterocycles. The van der Waals surface area contributed by atoms with Crippen molar-refractivity contribution in [2.45, 2.75) is 24.6 Å². The zero-order chi connectivity index (χ0) is 23.3. The van der Waals surface area contributed by atoms with E-state index in [-0.39, 0.29) is 0 Å². The highest BCUT2D eigenvalue weighted by Crippen LogP contribution is 2.32. The summed E-state index contributed by atoms with van der Waals surface area (Å²) >= 11 is 1.71. The molecule has 9 heteroatoms. The number of hydrogen-bond acceptors (Lipinski definition) is 9. The molecule has 0 N–H and O–H groups in total. The Hall–Kier alpha value is -2.49. The number of anilines is 2. The van der Waals surface area contributed by atoms with E-state index in [4.69, 9.17) is 14.7 Å². The topological polar surface area (TPSA) is 70.5 Å². The third kappa shape index (κ3) is 5.42. The summed E-state index contributed by atoms with van der Waals surface area (Å²) in [6.45, 7) is 12.7. The molecule has 0 amide bonds. The molecule has 0 bridgehead atoms. The fourth-order valence-corrected chi connectivity index (χ4v) is 5.41. The lowest BCUT2D eigenvalue weighted by Gasteiger charge is -2.36. The average Bonchev–Trinajstić information content (AvgIpc) is 2.88. The number of nitrogens with zero attached hydrogens (tertiary/aromatic N) is 7. The second kappa shape index (κ2) is 10.8. The van der Waals surface area contributed by atoms with Crippen LogP contribution in [0.3, 0.4) is 0 Å². The first kappa shape index (κ1) is 23.3. The Morgan fingerprint density at radius 3 is 2.38 bits per heavy atom. The minimum absolute atomic E-state index is 0.678. The summed E-state index contributed by atoms with van der Waals surface area (Å²) in [4.78, 5) is 26.5. The average molecular weight is 480 g/mol. The van der Waals surface area contributed by atoms with Crippen LogP contribution in [-0.2, 0) is 10.5 Å². The minimum Gasteiger partial charge on any atom is -0.378 e. The molecule has 2 aromatic heterocycles. The van der Waals surface area contributed by atoms with Crippen LogP contribution in [0.5, 0.6) is 0 Å². The summed E-state index contributed by atoms with van der Waals surface area (Å²) in [6.07, 6.45) is 1.65. The van der Waals surface area contributed by atoms with E-state index in [0.717, 1.165) is 79.4 Å². The van der Waals surface area contributed by atoms with Gasteiger partial charge in [0.1, 0.15) is 22.4 Å². The number of hydrogen-bond donors (Lipinski definition) is 0. The number of morpholine rings is 1. The van der Waals surface area contributed by atoms with E-state index in [2.05, 4.69) is 62.8 Å². The molecule has 8 nitrogen and oxygen atoms in total. The molecule has 0 radical (unpaired) electrons. The minimum atomic E-state index is 0.678. The maximum absolute atomic E-state index is 5.60. The standard InChI is InChI=1S/C25H33N7OS/c1-19(2)16-30-8-10-32(11-9-30)25-28-22-21(23(29-25)31-12-14-33-15-13-31)26-18-27-24(22)34-17-20-6-4-3-5-7-20/h3-7,18-19H,8-17H2,1-2H3. The molecule has 2 saturated heterocycles. The van der Waals surface area contributed by atoms with Crippen molar-refractivity contribution in [2.75, 3.05) is 68.8 Å². The largest absolute Gasteiger partial charge is 0.378 e. The highest BCUT2D eigenvalue weighted by atomic mass is 32.2. The van der Waals surface area contributed by atoms with Gasteiger partial charge in [-0.05, 0) is 11.5 Å². The highest BCUT2D eigenvalue weighted by molar-refractivity contribution is 7.98. The highest BCUT2D eigenvalue weighted by Gasteiger charge is 2.25. The number of fused-ring (bicyclic) bond motifs is 1. The number of aromatic nitrogens is 4. The molecule has 1 aromatic carbocycles. The van der Waals surface area contributed by atoms with Crippen LogP contribution < -0.4 is 9.80 Å². The molecule has 5 rings (SSSR count). The lowest BCUT2D eigenvalue weighted by molar-refractivity contribution is 0.122. The molecular formula is C25H33N7OS. The fraction of sp³-hybridized carbons (Fsp3) is 0.520. The zero-order valence-electron chi connectivity index (χ0n) is 20.1. The Morgan fingerprint density at radius 2 is 1.65 bits per heavy atom. The Labute approximate surface area is 205 Å². The van der Waals surface area contributed by atoms with Crippen LogP contribution in [0, 0.1) is 5.92 Å². The van der Waals surface area contributed by atoms with Crippen molar-refractivity contribution in [1.29, 1.82) is 0 Å². The molecule has 180 valence electrons. The summed E-state index contributed by atoms with van der Waals surface area (Å²) in [7, 11) is 0. The van der Waals surface area contributed by atoms with E-state index in [1.54, 1.807) is 18.1 Å². The summed E-state index contributed by atoms with van der Waals surface area (Å²) in [6, 6.07) is 10.5. The van der Waals surface area contributed by atoms with Gasteiger partial charge in [-0.15, -0.1) is 0 Å².